The van der Waals surface area contributed by atoms with Crippen molar-refractivity contribution < 1.29 is 14.2 Å². The van der Waals surface area contributed by atoms with Crippen LogP contribution in [0.15, 0.2) is 39.9 Å². The molecule has 2 aromatic heterocycles. The number of aromatic nitrogens is 4. The third-order valence-corrected chi connectivity index (χ3v) is 7.91. The molecule has 2 aliphatic heterocycles. The molecule has 0 amide bonds. The van der Waals surface area contributed by atoms with Crippen molar-refractivity contribution in [1.29, 1.82) is 0 Å². The number of aromatic amines is 1. The zero-order valence-corrected chi connectivity index (χ0v) is 23.8. The van der Waals surface area contributed by atoms with Gasteiger partial charge >= 0.3 is 5.69 Å². The number of aryl methyl sites for hydroxylation is 1. The summed E-state index contributed by atoms with van der Waals surface area (Å²) < 4.78 is 19.2. The SMILES string of the molecule is CCOc1cc2nc(N3CCOCC3)nc(N3CCC(n4c(=O)[nH]c(=O)c5cccc(C)c54)CC3)c2cc1OCC. The van der Waals surface area contributed by atoms with Gasteiger partial charge in [0.05, 0.1) is 42.8 Å². The van der Waals surface area contributed by atoms with Crippen LogP contribution >= 0.6 is 0 Å². The number of fused-ring (bicyclic) bond motifs is 2. The summed E-state index contributed by atoms with van der Waals surface area (Å²) in [5.74, 6) is 2.84. The molecule has 0 radical (unpaired) electrons. The minimum Gasteiger partial charge on any atom is -0.490 e. The van der Waals surface area contributed by atoms with Gasteiger partial charge in [0.2, 0.25) is 5.95 Å². The average Bonchev–Trinajstić information content (AvgIpc) is 2.98. The maximum absolute atomic E-state index is 13.1. The highest BCUT2D eigenvalue weighted by atomic mass is 16.5. The van der Waals surface area contributed by atoms with E-state index in [0.29, 0.717) is 67.9 Å². The molecule has 11 heteroatoms. The van der Waals surface area contributed by atoms with Crippen molar-refractivity contribution in [3.05, 3.63) is 56.7 Å². The zero-order valence-electron chi connectivity index (χ0n) is 23.8. The molecule has 216 valence electrons. The first-order valence-corrected chi connectivity index (χ1v) is 14.4. The smallest absolute Gasteiger partial charge is 0.329 e. The molecule has 2 aromatic carbocycles. The number of hydrogen-bond donors (Lipinski definition) is 1. The molecule has 2 aliphatic rings. The van der Waals surface area contributed by atoms with Crippen LogP contribution in [0.5, 0.6) is 11.5 Å². The first-order chi connectivity index (χ1) is 20.0. The lowest BCUT2D eigenvalue weighted by molar-refractivity contribution is 0.122. The van der Waals surface area contributed by atoms with Gasteiger partial charge in [0, 0.05) is 43.7 Å². The van der Waals surface area contributed by atoms with Gasteiger partial charge in [0.1, 0.15) is 5.82 Å². The maximum atomic E-state index is 13.1. The number of nitrogens with one attached hydrogen (secondary N) is 1. The predicted molar refractivity (Wildman–Crippen MR) is 159 cm³/mol. The highest BCUT2D eigenvalue weighted by molar-refractivity contribution is 5.93. The molecule has 0 saturated carbocycles. The van der Waals surface area contributed by atoms with Crippen molar-refractivity contribution >= 4 is 33.6 Å². The Hall–Kier alpha value is -4.12. The van der Waals surface area contributed by atoms with Gasteiger partial charge in [-0.05, 0) is 51.3 Å². The molecule has 2 saturated heterocycles. The van der Waals surface area contributed by atoms with Crippen LogP contribution < -0.4 is 30.5 Å². The van der Waals surface area contributed by atoms with Gasteiger partial charge < -0.3 is 24.0 Å². The van der Waals surface area contributed by atoms with Gasteiger partial charge in [-0.2, -0.15) is 4.98 Å². The summed E-state index contributed by atoms with van der Waals surface area (Å²) in [5, 5.41) is 1.44. The zero-order chi connectivity index (χ0) is 28.5. The van der Waals surface area contributed by atoms with Crippen molar-refractivity contribution in [2.45, 2.75) is 39.7 Å². The Labute approximate surface area is 237 Å². The van der Waals surface area contributed by atoms with E-state index >= 15 is 0 Å². The third kappa shape index (κ3) is 5.10. The summed E-state index contributed by atoms with van der Waals surface area (Å²) in [6.45, 7) is 11.0. The maximum Gasteiger partial charge on any atom is 0.329 e. The Morgan fingerprint density at radius 2 is 1.63 bits per heavy atom. The number of rotatable bonds is 7. The van der Waals surface area contributed by atoms with E-state index in [4.69, 9.17) is 24.2 Å². The standard InChI is InChI=1S/C30H36N6O5/c1-4-40-24-17-22-23(18-25(24)41-5-2)31-29(35-13-15-39-16-14-35)32-27(22)34-11-9-20(10-12-34)36-26-19(3)7-6-8-21(26)28(37)33-30(36)38/h6-8,17-18,20H,4-5,9-16H2,1-3H3,(H,33,37,38). The van der Waals surface area contributed by atoms with Crippen LogP contribution in [0, 0.1) is 6.92 Å². The lowest BCUT2D eigenvalue weighted by atomic mass is 10.0. The number of anilines is 2. The normalized spacial score (nSPS) is 16.5. The van der Waals surface area contributed by atoms with E-state index in [1.807, 2.05) is 45.0 Å². The number of ether oxygens (including phenoxy) is 3. The highest BCUT2D eigenvalue weighted by Crippen LogP contribution is 2.38. The number of piperidine rings is 1. The van der Waals surface area contributed by atoms with Crippen LogP contribution in [0.4, 0.5) is 11.8 Å². The van der Waals surface area contributed by atoms with Gasteiger partial charge in [-0.3, -0.25) is 14.3 Å². The monoisotopic (exact) mass is 560 g/mol. The van der Waals surface area contributed by atoms with Crippen molar-refractivity contribution in [3.63, 3.8) is 0 Å². The van der Waals surface area contributed by atoms with Crippen LogP contribution in [-0.4, -0.2) is 72.1 Å². The minimum atomic E-state index is -0.359. The van der Waals surface area contributed by atoms with E-state index in [-0.39, 0.29) is 17.3 Å². The quantitative estimate of drug-likeness (QED) is 0.363. The highest BCUT2D eigenvalue weighted by Gasteiger charge is 2.28. The van der Waals surface area contributed by atoms with Crippen LogP contribution in [0.3, 0.4) is 0 Å². The molecule has 4 aromatic rings. The second kappa shape index (κ2) is 11.4. The van der Waals surface area contributed by atoms with Crippen LogP contribution in [-0.2, 0) is 4.74 Å². The topological polar surface area (TPSA) is 115 Å². The van der Waals surface area contributed by atoms with E-state index in [1.54, 1.807) is 10.6 Å². The number of benzene rings is 2. The lowest BCUT2D eigenvalue weighted by Crippen LogP contribution is -2.41. The fraction of sp³-hybridized carbons (Fsp3) is 0.467. The fourth-order valence-corrected chi connectivity index (χ4v) is 5.96. The summed E-state index contributed by atoms with van der Waals surface area (Å²) in [4.78, 5) is 42.6. The largest absolute Gasteiger partial charge is 0.490 e. The molecule has 0 bridgehead atoms. The van der Waals surface area contributed by atoms with Crippen molar-refractivity contribution in [1.82, 2.24) is 19.5 Å². The van der Waals surface area contributed by atoms with Gasteiger partial charge in [-0.15, -0.1) is 0 Å². The summed E-state index contributed by atoms with van der Waals surface area (Å²) in [6.07, 6.45) is 1.45. The molecule has 0 atom stereocenters. The number of hydrogen-bond acceptors (Lipinski definition) is 9. The van der Waals surface area contributed by atoms with Crippen molar-refractivity contribution in [3.8, 4) is 11.5 Å². The number of morpholine rings is 1. The molecule has 41 heavy (non-hydrogen) atoms. The first kappa shape index (κ1) is 27.1. The van der Waals surface area contributed by atoms with Gasteiger partial charge in [-0.25, -0.2) is 9.78 Å². The molecule has 1 N–H and O–H groups in total. The van der Waals surface area contributed by atoms with E-state index < -0.39 is 0 Å². The third-order valence-electron chi connectivity index (χ3n) is 7.91. The van der Waals surface area contributed by atoms with Crippen LogP contribution in [0.25, 0.3) is 21.8 Å². The number of nitrogens with zero attached hydrogens (tertiary/aromatic N) is 5. The summed E-state index contributed by atoms with van der Waals surface area (Å²) in [5.41, 5.74) is 1.72. The Balaban J connectivity index is 1.39. The van der Waals surface area contributed by atoms with Crippen LogP contribution in [0.1, 0.15) is 38.3 Å². The molecule has 11 nitrogen and oxygen atoms in total. The minimum absolute atomic E-state index is 0.0467. The number of para-hydroxylation sites is 1. The van der Waals surface area contributed by atoms with E-state index in [0.717, 1.165) is 48.2 Å². The summed E-state index contributed by atoms with van der Waals surface area (Å²) >= 11 is 0. The molecular weight excluding hydrogens is 524 g/mol. The Morgan fingerprint density at radius 1 is 0.927 bits per heavy atom. The van der Waals surface area contributed by atoms with Crippen LogP contribution in [0.2, 0.25) is 0 Å². The molecule has 0 aliphatic carbocycles. The number of H-pyrrole nitrogens is 1. The second-order valence-corrected chi connectivity index (χ2v) is 10.4. The van der Waals surface area contributed by atoms with E-state index in [2.05, 4.69) is 14.8 Å². The molecular formula is C30H36N6O5. The van der Waals surface area contributed by atoms with Gasteiger partial charge in [0.25, 0.3) is 5.56 Å². The molecule has 4 heterocycles. The Kier molecular flexibility index (Phi) is 7.53. The van der Waals surface area contributed by atoms with Gasteiger partial charge in [-0.1, -0.05) is 12.1 Å². The fourth-order valence-electron chi connectivity index (χ4n) is 5.96. The van der Waals surface area contributed by atoms with Gasteiger partial charge in [0.15, 0.2) is 11.5 Å². The molecule has 0 spiro atoms. The first-order valence-electron chi connectivity index (χ1n) is 14.4. The van der Waals surface area contributed by atoms with E-state index in [9.17, 15) is 9.59 Å². The average molecular weight is 561 g/mol. The second-order valence-electron chi connectivity index (χ2n) is 10.4. The molecule has 2 fully saturated rings. The van der Waals surface area contributed by atoms with Crippen molar-refractivity contribution in [2.24, 2.45) is 0 Å². The molecule has 6 rings (SSSR count). The lowest BCUT2D eigenvalue weighted by Gasteiger charge is -2.35. The Morgan fingerprint density at radius 3 is 2.34 bits per heavy atom. The summed E-state index contributed by atoms with van der Waals surface area (Å²) in [6, 6.07) is 9.45. The Bertz CT molecular complexity index is 1690. The molecule has 0 unspecified atom stereocenters. The van der Waals surface area contributed by atoms with E-state index in [1.165, 1.54) is 0 Å². The predicted octanol–water partition coefficient (Wildman–Crippen LogP) is 3.42. The van der Waals surface area contributed by atoms with Crippen molar-refractivity contribution in [2.75, 3.05) is 62.4 Å². The summed E-state index contributed by atoms with van der Waals surface area (Å²) in [7, 11) is 0.